The summed E-state index contributed by atoms with van der Waals surface area (Å²) >= 11 is 0. The Morgan fingerprint density at radius 3 is 2.30 bits per heavy atom. The number of aromatic amines is 1. The standard InChI is InChI=1S/C33H40N2O9/c1-38-19-7-8-20-21-9-10-35-16-18-13-27(44-32(36)17-11-25(39-2)30(41-4)26(12-17)40-3)31(42-5)28(33(37)43-6)22(18)15-24(35)29(21)34-23(20)14-19/h7-8,11-12,14,18,22,24,27-28,31,34H,9-10,13,15-16H2,1-6H3/t18-,22+,24-,27-,28?,31+/m1/s1. The molecule has 3 heterocycles. The Hall–Kier alpha value is -3.96. The topological polar surface area (TPSA) is 118 Å². The predicted molar refractivity (Wildman–Crippen MR) is 161 cm³/mol. The van der Waals surface area contributed by atoms with Gasteiger partial charge in [0, 0.05) is 42.9 Å². The van der Waals surface area contributed by atoms with E-state index in [0.29, 0.717) is 23.7 Å². The molecule has 2 fully saturated rings. The Balaban J connectivity index is 1.29. The van der Waals surface area contributed by atoms with Crippen molar-refractivity contribution in [2.24, 2.45) is 17.8 Å². The number of carbonyl (C=O) groups excluding carboxylic acids is 2. The van der Waals surface area contributed by atoms with Gasteiger partial charge in [-0.05, 0) is 60.9 Å². The minimum absolute atomic E-state index is 0.0170. The Morgan fingerprint density at radius 1 is 0.909 bits per heavy atom. The molecule has 1 aromatic heterocycles. The number of rotatable bonds is 8. The maximum Gasteiger partial charge on any atom is 0.338 e. The number of fused-ring (bicyclic) bond motifs is 6. The van der Waals surface area contributed by atoms with Crippen molar-refractivity contribution < 1.29 is 42.7 Å². The lowest BCUT2D eigenvalue weighted by Crippen LogP contribution is -2.58. The van der Waals surface area contributed by atoms with Gasteiger partial charge in [-0.15, -0.1) is 0 Å². The number of methoxy groups -OCH3 is 6. The number of hydrogen-bond acceptors (Lipinski definition) is 10. The van der Waals surface area contributed by atoms with Crippen molar-refractivity contribution in [2.75, 3.05) is 55.7 Å². The molecule has 1 aliphatic carbocycles. The van der Waals surface area contributed by atoms with Crippen molar-refractivity contribution in [3.8, 4) is 23.0 Å². The molecule has 1 saturated heterocycles. The van der Waals surface area contributed by atoms with E-state index in [9.17, 15) is 9.59 Å². The van der Waals surface area contributed by atoms with Crippen molar-refractivity contribution in [2.45, 2.75) is 37.5 Å². The molecule has 1 saturated carbocycles. The first-order valence-corrected chi connectivity index (χ1v) is 14.9. The third kappa shape index (κ3) is 5.01. The van der Waals surface area contributed by atoms with Crippen LogP contribution in [0.5, 0.6) is 23.0 Å². The van der Waals surface area contributed by atoms with Crippen LogP contribution in [0.25, 0.3) is 10.9 Å². The van der Waals surface area contributed by atoms with Crippen LogP contribution in [0.4, 0.5) is 0 Å². The molecule has 3 aromatic rings. The van der Waals surface area contributed by atoms with E-state index in [-0.39, 0.29) is 29.4 Å². The first kappa shape index (κ1) is 30.1. The summed E-state index contributed by atoms with van der Waals surface area (Å²) in [7, 11) is 9.10. The lowest BCUT2D eigenvalue weighted by Gasteiger charge is -2.52. The van der Waals surface area contributed by atoms with Gasteiger partial charge in [-0.1, -0.05) is 0 Å². The summed E-state index contributed by atoms with van der Waals surface area (Å²) in [5, 5.41) is 1.21. The predicted octanol–water partition coefficient (Wildman–Crippen LogP) is 4.17. The average molecular weight is 609 g/mol. The van der Waals surface area contributed by atoms with Gasteiger partial charge < -0.3 is 38.1 Å². The molecule has 236 valence electrons. The molecule has 1 N–H and O–H groups in total. The van der Waals surface area contributed by atoms with Crippen LogP contribution in [0.2, 0.25) is 0 Å². The number of esters is 2. The molecule has 2 aromatic carbocycles. The molecule has 2 aliphatic heterocycles. The van der Waals surface area contributed by atoms with Crippen LogP contribution in [0.15, 0.2) is 30.3 Å². The van der Waals surface area contributed by atoms with E-state index in [0.717, 1.165) is 37.2 Å². The second-order valence-corrected chi connectivity index (χ2v) is 11.7. The summed E-state index contributed by atoms with van der Waals surface area (Å²) in [6.07, 6.45) is 0.920. The van der Waals surface area contributed by atoms with Crippen LogP contribution >= 0.6 is 0 Å². The fourth-order valence-corrected chi connectivity index (χ4v) is 7.76. The van der Waals surface area contributed by atoms with Crippen LogP contribution in [0, 0.1) is 17.8 Å². The summed E-state index contributed by atoms with van der Waals surface area (Å²) in [6.45, 7) is 1.68. The van der Waals surface area contributed by atoms with Crippen LogP contribution in [0.3, 0.4) is 0 Å². The summed E-state index contributed by atoms with van der Waals surface area (Å²) in [4.78, 5) is 33.1. The highest BCUT2D eigenvalue weighted by atomic mass is 16.6. The quantitative estimate of drug-likeness (QED) is 0.374. The van der Waals surface area contributed by atoms with Crippen molar-refractivity contribution in [1.29, 1.82) is 0 Å². The van der Waals surface area contributed by atoms with Crippen LogP contribution in [-0.2, 0) is 25.4 Å². The van der Waals surface area contributed by atoms with Gasteiger partial charge in [-0.3, -0.25) is 9.69 Å². The number of piperidine rings is 1. The third-order valence-corrected chi connectivity index (χ3v) is 9.76. The van der Waals surface area contributed by atoms with E-state index >= 15 is 0 Å². The monoisotopic (exact) mass is 608 g/mol. The van der Waals surface area contributed by atoms with Crippen molar-refractivity contribution in [3.63, 3.8) is 0 Å². The summed E-state index contributed by atoms with van der Waals surface area (Å²) in [5.41, 5.74) is 3.83. The second-order valence-electron chi connectivity index (χ2n) is 11.7. The molecule has 0 spiro atoms. The number of carbonyl (C=O) groups is 2. The SMILES string of the molecule is COC(=O)C1[C@H]2C[C@@H]3c4[nH]c5cc(OC)ccc5c4CCN3C[C@H]2C[C@@H](OC(=O)c2cc(OC)c(OC)c(OC)c2)[C@@H]1OC. The lowest BCUT2D eigenvalue weighted by atomic mass is 9.63. The zero-order valence-corrected chi connectivity index (χ0v) is 26.0. The highest BCUT2D eigenvalue weighted by Gasteiger charge is 2.54. The Kier molecular flexibility index (Phi) is 8.34. The third-order valence-electron chi connectivity index (χ3n) is 9.76. The molecule has 0 bridgehead atoms. The van der Waals surface area contributed by atoms with Crippen LogP contribution in [0.1, 0.15) is 40.5 Å². The summed E-state index contributed by atoms with van der Waals surface area (Å²) in [6, 6.07) is 9.40. The number of nitrogens with one attached hydrogen (secondary N) is 1. The van der Waals surface area contributed by atoms with Gasteiger partial charge in [0.2, 0.25) is 5.75 Å². The van der Waals surface area contributed by atoms with Crippen molar-refractivity contribution in [3.05, 3.63) is 47.2 Å². The fraction of sp³-hybridized carbons (Fsp3) is 0.515. The van der Waals surface area contributed by atoms with Gasteiger partial charge in [-0.25, -0.2) is 4.79 Å². The normalized spacial score (nSPS) is 26.1. The number of aromatic nitrogens is 1. The minimum atomic E-state index is -0.670. The van der Waals surface area contributed by atoms with Gasteiger partial charge in [0.15, 0.2) is 11.5 Å². The Labute approximate surface area is 256 Å². The molecule has 6 atom stereocenters. The molecule has 0 radical (unpaired) electrons. The van der Waals surface area contributed by atoms with Gasteiger partial charge in [0.25, 0.3) is 0 Å². The number of ether oxygens (including phenoxy) is 7. The molecule has 11 heteroatoms. The van der Waals surface area contributed by atoms with Crippen molar-refractivity contribution in [1.82, 2.24) is 9.88 Å². The van der Waals surface area contributed by atoms with Gasteiger partial charge in [0.05, 0.1) is 53.1 Å². The van der Waals surface area contributed by atoms with Crippen LogP contribution < -0.4 is 18.9 Å². The molecule has 11 nitrogen and oxygen atoms in total. The number of benzene rings is 2. The van der Waals surface area contributed by atoms with E-state index in [1.807, 2.05) is 12.1 Å². The second kappa shape index (κ2) is 12.2. The van der Waals surface area contributed by atoms with E-state index in [2.05, 4.69) is 16.0 Å². The minimum Gasteiger partial charge on any atom is -0.497 e. The number of nitrogens with zero attached hydrogens (tertiary/aromatic N) is 1. The first-order chi connectivity index (χ1) is 21.3. The van der Waals surface area contributed by atoms with Crippen LogP contribution in [-0.4, -0.2) is 89.8 Å². The highest BCUT2D eigenvalue weighted by molar-refractivity contribution is 5.91. The fourth-order valence-electron chi connectivity index (χ4n) is 7.76. The average Bonchev–Trinajstić information content (AvgIpc) is 3.43. The van der Waals surface area contributed by atoms with Gasteiger partial charge >= 0.3 is 11.9 Å². The van der Waals surface area contributed by atoms with Crippen molar-refractivity contribution >= 4 is 22.8 Å². The lowest BCUT2D eigenvalue weighted by molar-refractivity contribution is -0.176. The molecule has 1 unspecified atom stereocenters. The molecular formula is C33H40N2O9. The molecule has 3 aliphatic rings. The Morgan fingerprint density at radius 2 is 1.66 bits per heavy atom. The molecule has 0 amide bonds. The van der Waals surface area contributed by atoms with E-state index < -0.39 is 24.1 Å². The Bertz CT molecular complexity index is 1530. The maximum atomic E-state index is 13.5. The molecular weight excluding hydrogens is 568 g/mol. The number of hydrogen-bond donors (Lipinski definition) is 1. The van der Waals surface area contributed by atoms with E-state index in [1.54, 1.807) is 26.4 Å². The maximum absolute atomic E-state index is 13.5. The van der Waals surface area contributed by atoms with Gasteiger partial charge in [0.1, 0.15) is 18.0 Å². The largest absolute Gasteiger partial charge is 0.497 e. The number of H-pyrrole nitrogens is 1. The van der Waals surface area contributed by atoms with E-state index in [4.69, 9.17) is 33.2 Å². The molecule has 6 rings (SSSR count). The van der Waals surface area contributed by atoms with Gasteiger partial charge in [-0.2, -0.15) is 0 Å². The summed E-state index contributed by atoms with van der Waals surface area (Å²) < 4.78 is 39.1. The zero-order chi connectivity index (χ0) is 31.1. The first-order valence-electron chi connectivity index (χ1n) is 14.9. The summed E-state index contributed by atoms with van der Waals surface area (Å²) in [5.74, 6) is 0.441. The molecule has 44 heavy (non-hydrogen) atoms. The smallest absolute Gasteiger partial charge is 0.338 e. The zero-order valence-electron chi connectivity index (χ0n) is 26.0. The van der Waals surface area contributed by atoms with E-state index in [1.165, 1.54) is 45.1 Å². The highest BCUT2D eigenvalue weighted by Crippen LogP contribution is 2.51.